The molecule has 10 nitrogen and oxygen atoms in total. The van der Waals surface area contributed by atoms with E-state index in [2.05, 4.69) is 14.5 Å². The maximum atomic E-state index is 13.1. The number of hydrogen-bond acceptors (Lipinski definition) is 7. The van der Waals surface area contributed by atoms with Crippen LogP contribution in [-0.4, -0.2) is 99.6 Å². The van der Waals surface area contributed by atoms with E-state index in [1.165, 1.54) is 11.4 Å². The molecular weight excluding hydrogens is 506 g/mol. The van der Waals surface area contributed by atoms with Crippen LogP contribution >= 0.6 is 0 Å². The molecule has 0 radical (unpaired) electrons. The Labute approximate surface area is 225 Å². The lowest BCUT2D eigenvalue weighted by Crippen LogP contribution is -2.33. The number of imidazole rings is 1. The number of likely N-dealkylation sites (N-methyl/N-ethyl adjacent to an activating group) is 3. The van der Waals surface area contributed by atoms with E-state index >= 15 is 0 Å². The van der Waals surface area contributed by atoms with Gasteiger partial charge < -0.3 is 23.8 Å². The van der Waals surface area contributed by atoms with E-state index in [9.17, 15) is 13.2 Å². The lowest BCUT2D eigenvalue weighted by Gasteiger charge is -2.21. The number of rotatable bonds is 13. The van der Waals surface area contributed by atoms with Crippen molar-refractivity contribution >= 4 is 27.0 Å². The molecule has 0 aliphatic heterocycles. The van der Waals surface area contributed by atoms with Crippen LogP contribution in [0.4, 0.5) is 0 Å². The monoisotopic (exact) mass is 545 g/mol. The Hall–Kier alpha value is -2.99. The van der Waals surface area contributed by atoms with Crippen molar-refractivity contribution < 1.29 is 22.7 Å². The highest BCUT2D eigenvalue weighted by atomic mass is 32.2. The smallest absolute Gasteiger partial charge is 0.248 e. The van der Waals surface area contributed by atoms with Gasteiger partial charge in [0.2, 0.25) is 15.9 Å². The number of carbonyl (C=O) groups excluding carboxylic acids is 1. The number of hydrogen-bond donors (Lipinski definition) is 0. The molecule has 2 aromatic carbocycles. The minimum atomic E-state index is -3.72. The molecule has 0 bridgehead atoms. The van der Waals surface area contributed by atoms with Crippen LogP contribution in [0.1, 0.15) is 16.7 Å². The minimum Gasteiger partial charge on any atom is -0.497 e. The molecule has 3 aromatic rings. The molecule has 1 aromatic heterocycles. The standard InChI is InChI=1S/C27H39N5O5S/c1-20-14-23(36-7)15-21(2)27(20)38(34,35)31(6)12-13-37-18-26(33)30(5)17-22-8-9-25-24(16-22)28-19-32(25)11-10-29(3)4/h8-9,14-16,19H,10-13,17-18H2,1-7H3. The SMILES string of the molecule is COc1cc(C)c(S(=O)(=O)N(C)CCOCC(=O)N(C)Cc2ccc3c(c2)ncn3CCN(C)C)c(C)c1. The summed E-state index contributed by atoms with van der Waals surface area (Å²) in [4.78, 5) is 21.1. The van der Waals surface area contributed by atoms with Gasteiger partial charge in [-0.15, -0.1) is 0 Å². The number of nitrogens with zero attached hydrogens (tertiary/aromatic N) is 5. The Morgan fingerprint density at radius 3 is 2.34 bits per heavy atom. The van der Waals surface area contributed by atoms with E-state index in [1.807, 2.05) is 38.6 Å². The first-order valence-electron chi connectivity index (χ1n) is 12.5. The van der Waals surface area contributed by atoms with Gasteiger partial charge in [-0.3, -0.25) is 4.79 Å². The Kier molecular flexibility index (Phi) is 9.88. The average Bonchev–Trinajstić information content (AvgIpc) is 3.26. The van der Waals surface area contributed by atoms with Crippen molar-refractivity contribution in [2.75, 3.05) is 61.6 Å². The minimum absolute atomic E-state index is 0.0971. The first-order chi connectivity index (χ1) is 17.9. The molecule has 0 fully saturated rings. The Morgan fingerprint density at radius 1 is 1.03 bits per heavy atom. The lowest BCUT2D eigenvalue weighted by atomic mass is 10.1. The predicted octanol–water partition coefficient (Wildman–Crippen LogP) is 2.52. The second kappa shape index (κ2) is 12.7. The largest absolute Gasteiger partial charge is 0.497 e. The third kappa shape index (κ3) is 7.10. The number of ether oxygens (including phenoxy) is 2. The summed E-state index contributed by atoms with van der Waals surface area (Å²) in [7, 11) is 5.14. The van der Waals surface area contributed by atoms with Crippen LogP contribution < -0.4 is 4.74 Å². The van der Waals surface area contributed by atoms with Crippen LogP contribution in [0.15, 0.2) is 41.6 Å². The molecule has 38 heavy (non-hydrogen) atoms. The van der Waals surface area contributed by atoms with Gasteiger partial charge in [0, 0.05) is 40.3 Å². The van der Waals surface area contributed by atoms with E-state index < -0.39 is 10.0 Å². The van der Waals surface area contributed by atoms with Crippen LogP contribution in [-0.2, 0) is 32.6 Å². The fraction of sp³-hybridized carbons (Fsp3) is 0.481. The third-order valence-corrected chi connectivity index (χ3v) is 8.60. The number of benzene rings is 2. The summed E-state index contributed by atoms with van der Waals surface area (Å²) in [6.07, 6.45) is 1.84. The summed E-state index contributed by atoms with van der Waals surface area (Å²) >= 11 is 0. The number of sulfonamides is 1. The zero-order chi connectivity index (χ0) is 28.0. The van der Waals surface area contributed by atoms with Crippen LogP contribution in [0.5, 0.6) is 5.75 Å². The normalized spacial score (nSPS) is 12.0. The van der Waals surface area contributed by atoms with Crippen molar-refractivity contribution in [3.05, 3.63) is 53.3 Å². The molecule has 208 valence electrons. The van der Waals surface area contributed by atoms with Gasteiger partial charge in [-0.2, -0.15) is 4.31 Å². The van der Waals surface area contributed by atoms with E-state index in [0.29, 0.717) is 23.4 Å². The number of fused-ring (bicyclic) bond motifs is 1. The molecule has 0 saturated carbocycles. The highest BCUT2D eigenvalue weighted by Gasteiger charge is 2.25. The van der Waals surface area contributed by atoms with Gasteiger partial charge in [-0.05, 0) is 68.9 Å². The molecular formula is C27H39N5O5S. The highest BCUT2D eigenvalue weighted by molar-refractivity contribution is 7.89. The van der Waals surface area contributed by atoms with Gasteiger partial charge in [0.05, 0.1) is 36.0 Å². The summed E-state index contributed by atoms with van der Waals surface area (Å²) < 4.78 is 40.4. The van der Waals surface area contributed by atoms with Crippen LogP contribution in [0.2, 0.25) is 0 Å². The molecule has 0 saturated heterocycles. The van der Waals surface area contributed by atoms with E-state index in [-0.39, 0.29) is 30.6 Å². The van der Waals surface area contributed by atoms with Crippen molar-refractivity contribution in [2.45, 2.75) is 31.8 Å². The Morgan fingerprint density at radius 2 is 1.71 bits per heavy atom. The van der Waals surface area contributed by atoms with Gasteiger partial charge >= 0.3 is 0 Å². The second-order valence-corrected chi connectivity index (χ2v) is 11.8. The number of carbonyl (C=O) groups is 1. The Bertz CT molecular complexity index is 1350. The molecule has 0 N–H and O–H groups in total. The zero-order valence-corrected chi connectivity index (χ0v) is 24.2. The topological polar surface area (TPSA) is 97.2 Å². The molecule has 0 aliphatic carbocycles. The quantitative estimate of drug-likeness (QED) is 0.305. The zero-order valence-electron chi connectivity index (χ0n) is 23.4. The van der Waals surface area contributed by atoms with Crippen molar-refractivity contribution in [3.63, 3.8) is 0 Å². The van der Waals surface area contributed by atoms with Crippen LogP contribution in [0, 0.1) is 13.8 Å². The molecule has 3 rings (SSSR count). The number of aromatic nitrogens is 2. The molecule has 0 atom stereocenters. The van der Waals surface area contributed by atoms with Gasteiger partial charge in [0.25, 0.3) is 0 Å². The molecule has 1 amide bonds. The molecule has 0 aliphatic rings. The molecule has 0 spiro atoms. The summed E-state index contributed by atoms with van der Waals surface area (Å²) in [5.41, 5.74) is 4.16. The fourth-order valence-electron chi connectivity index (χ4n) is 4.23. The maximum absolute atomic E-state index is 13.1. The summed E-state index contributed by atoms with van der Waals surface area (Å²) in [6.45, 7) is 5.78. The van der Waals surface area contributed by atoms with Gasteiger partial charge in [0.15, 0.2) is 0 Å². The van der Waals surface area contributed by atoms with Crippen molar-refractivity contribution in [3.8, 4) is 5.75 Å². The highest BCUT2D eigenvalue weighted by Crippen LogP contribution is 2.27. The summed E-state index contributed by atoms with van der Waals surface area (Å²) in [5, 5.41) is 0. The maximum Gasteiger partial charge on any atom is 0.248 e. The van der Waals surface area contributed by atoms with Gasteiger partial charge in [-0.25, -0.2) is 13.4 Å². The van der Waals surface area contributed by atoms with E-state index in [0.717, 1.165) is 29.7 Å². The van der Waals surface area contributed by atoms with Gasteiger partial charge in [-0.1, -0.05) is 6.07 Å². The summed E-state index contributed by atoms with van der Waals surface area (Å²) in [6, 6.07) is 9.43. The Balaban J connectivity index is 1.50. The third-order valence-electron chi connectivity index (χ3n) is 6.43. The van der Waals surface area contributed by atoms with Gasteiger partial charge in [0.1, 0.15) is 12.4 Å². The second-order valence-electron chi connectivity index (χ2n) is 9.78. The average molecular weight is 546 g/mol. The molecule has 11 heteroatoms. The fourth-order valence-corrected chi connectivity index (χ4v) is 5.79. The van der Waals surface area contributed by atoms with Crippen molar-refractivity contribution in [2.24, 2.45) is 0 Å². The summed E-state index contributed by atoms with van der Waals surface area (Å²) in [5.74, 6) is 0.427. The number of methoxy groups -OCH3 is 1. The first-order valence-corrected chi connectivity index (χ1v) is 13.9. The van der Waals surface area contributed by atoms with E-state index in [1.54, 1.807) is 45.0 Å². The molecule has 0 unspecified atom stereocenters. The van der Waals surface area contributed by atoms with Crippen LogP contribution in [0.25, 0.3) is 11.0 Å². The lowest BCUT2D eigenvalue weighted by molar-refractivity contribution is -0.135. The van der Waals surface area contributed by atoms with E-state index in [4.69, 9.17) is 9.47 Å². The first kappa shape index (κ1) is 29.6. The van der Waals surface area contributed by atoms with Crippen molar-refractivity contribution in [1.82, 2.24) is 23.7 Å². The number of amides is 1. The molecule has 1 heterocycles. The van der Waals surface area contributed by atoms with Crippen LogP contribution in [0.3, 0.4) is 0 Å². The van der Waals surface area contributed by atoms with Crippen molar-refractivity contribution in [1.29, 1.82) is 0 Å². The predicted molar refractivity (Wildman–Crippen MR) is 148 cm³/mol. The number of aryl methyl sites for hydroxylation is 2.